The van der Waals surface area contributed by atoms with Crippen LogP contribution >= 0.6 is 12.2 Å². The monoisotopic (exact) mass is 438 g/mol. The fraction of sp³-hybridized carbons (Fsp3) is 0.273. The molecule has 0 saturated carbocycles. The first-order chi connectivity index (χ1) is 14.9. The number of rotatable bonds is 5. The smallest absolute Gasteiger partial charge is 0.408 e. The predicted molar refractivity (Wildman–Crippen MR) is 121 cm³/mol. The zero-order valence-electron chi connectivity index (χ0n) is 16.8. The quantitative estimate of drug-likeness (QED) is 0.592. The van der Waals surface area contributed by atoms with Crippen LogP contribution in [0, 0.1) is 0 Å². The van der Waals surface area contributed by atoms with E-state index in [-0.39, 0.29) is 23.3 Å². The Kier molecular flexibility index (Phi) is 5.85. The Hall–Kier alpha value is -3.46. The van der Waals surface area contributed by atoms with Crippen LogP contribution in [0.2, 0.25) is 0 Å². The number of benzene rings is 2. The van der Waals surface area contributed by atoms with Crippen molar-refractivity contribution in [3.05, 3.63) is 64.1 Å². The van der Waals surface area contributed by atoms with Crippen LogP contribution in [0.25, 0.3) is 11.1 Å². The molecule has 2 amide bonds. The van der Waals surface area contributed by atoms with E-state index in [0.29, 0.717) is 41.0 Å². The zero-order valence-corrected chi connectivity index (χ0v) is 17.6. The molecule has 0 spiro atoms. The topological polar surface area (TPSA) is 111 Å². The Morgan fingerprint density at radius 3 is 2.39 bits per heavy atom. The van der Waals surface area contributed by atoms with Crippen LogP contribution < -0.4 is 16.8 Å². The van der Waals surface area contributed by atoms with Crippen molar-refractivity contribution in [1.29, 1.82) is 0 Å². The highest BCUT2D eigenvalue weighted by Gasteiger charge is 2.20. The standard InChI is InChI=1S/C22H22N4O4S/c23-20(31)14-4-6-15(7-5-14)21(28)24-16-8-9-18-17(12-16)26(22(29)30-18)13-19(27)25-10-2-1-3-11-25/h4-9,12H,1-3,10-11,13H2,(H2,23,31)(H,24,28). The van der Waals surface area contributed by atoms with E-state index in [1.54, 1.807) is 47.4 Å². The van der Waals surface area contributed by atoms with Crippen LogP contribution in [0.3, 0.4) is 0 Å². The van der Waals surface area contributed by atoms with Crippen molar-refractivity contribution in [2.45, 2.75) is 25.8 Å². The molecule has 0 bridgehead atoms. The maximum Gasteiger partial charge on any atom is 0.420 e. The van der Waals surface area contributed by atoms with Gasteiger partial charge < -0.3 is 20.4 Å². The molecule has 0 atom stereocenters. The lowest BCUT2D eigenvalue weighted by Crippen LogP contribution is -2.39. The molecule has 1 saturated heterocycles. The molecule has 1 fully saturated rings. The molecule has 3 aromatic rings. The number of nitrogens with zero attached hydrogens (tertiary/aromatic N) is 2. The number of likely N-dealkylation sites (tertiary alicyclic amines) is 1. The molecular weight excluding hydrogens is 416 g/mol. The van der Waals surface area contributed by atoms with Crippen molar-refractivity contribution in [2.75, 3.05) is 18.4 Å². The van der Waals surface area contributed by atoms with E-state index in [2.05, 4.69) is 5.32 Å². The van der Waals surface area contributed by atoms with Gasteiger partial charge in [-0.3, -0.25) is 14.2 Å². The third-order valence-electron chi connectivity index (χ3n) is 5.36. The fourth-order valence-corrected chi connectivity index (χ4v) is 3.79. The number of nitrogens with two attached hydrogens (primary N) is 1. The average Bonchev–Trinajstić information content (AvgIpc) is 3.09. The summed E-state index contributed by atoms with van der Waals surface area (Å²) in [5.74, 6) is -1.04. The van der Waals surface area contributed by atoms with Crippen LogP contribution in [-0.2, 0) is 11.3 Å². The normalized spacial score (nSPS) is 13.9. The molecule has 160 valence electrons. The van der Waals surface area contributed by atoms with Crippen LogP contribution in [0.4, 0.5) is 5.69 Å². The van der Waals surface area contributed by atoms with Crippen molar-refractivity contribution < 1.29 is 14.0 Å². The van der Waals surface area contributed by atoms with Gasteiger partial charge in [-0.05, 0) is 49.6 Å². The minimum absolute atomic E-state index is 0.0936. The minimum atomic E-state index is -0.600. The summed E-state index contributed by atoms with van der Waals surface area (Å²) in [7, 11) is 0. The summed E-state index contributed by atoms with van der Waals surface area (Å²) in [6, 6.07) is 11.5. The van der Waals surface area contributed by atoms with Crippen molar-refractivity contribution >= 4 is 45.8 Å². The van der Waals surface area contributed by atoms with Gasteiger partial charge in [0.1, 0.15) is 11.5 Å². The summed E-state index contributed by atoms with van der Waals surface area (Å²) in [4.78, 5) is 39.5. The van der Waals surface area contributed by atoms with Gasteiger partial charge in [-0.2, -0.15) is 0 Å². The number of thiocarbonyl (C=S) groups is 1. The van der Waals surface area contributed by atoms with E-state index in [1.165, 1.54) is 4.57 Å². The number of fused-ring (bicyclic) bond motifs is 1. The molecule has 9 heteroatoms. The average molecular weight is 439 g/mol. The maximum atomic E-state index is 12.6. The molecule has 1 aliphatic heterocycles. The summed E-state index contributed by atoms with van der Waals surface area (Å²) < 4.78 is 6.57. The molecule has 1 aromatic heterocycles. The number of aromatic nitrogens is 1. The highest BCUT2D eigenvalue weighted by molar-refractivity contribution is 7.80. The highest BCUT2D eigenvalue weighted by Crippen LogP contribution is 2.20. The van der Waals surface area contributed by atoms with Crippen molar-refractivity contribution in [1.82, 2.24) is 9.47 Å². The molecule has 4 rings (SSSR count). The van der Waals surface area contributed by atoms with Crippen LogP contribution in [0.5, 0.6) is 0 Å². The summed E-state index contributed by atoms with van der Waals surface area (Å²) >= 11 is 4.92. The molecule has 3 N–H and O–H groups in total. The molecule has 2 aromatic carbocycles. The van der Waals surface area contributed by atoms with Crippen molar-refractivity contribution in [3.8, 4) is 0 Å². The molecular formula is C22H22N4O4S. The second-order valence-electron chi connectivity index (χ2n) is 7.47. The van der Waals surface area contributed by atoms with Gasteiger partial charge in [-0.25, -0.2) is 4.79 Å². The van der Waals surface area contributed by atoms with Crippen LogP contribution in [-0.4, -0.2) is 39.4 Å². The molecule has 0 radical (unpaired) electrons. The molecule has 0 aliphatic carbocycles. The van der Waals surface area contributed by atoms with Crippen LogP contribution in [0.1, 0.15) is 35.2 Å². The van der Waals surface area contributed by atoms with E-state index < -0.39 is 5.76 Å². The first kappa shape index (κ1) is 20.8. The molecule has 0 unspecified atom stereocenters. The Labute approximate surface area is 183 Å². The van der Waals surface area contributed by atoms with Crippen molar-refractivity contribution in [3.63, 3.8) is 0 Å². The number of carbonyl (C=O) groups is 2. The van der Waals surface area contributed by atoms with Crippen molar-refractivity contribution in [2.24, 2.45) is 5.73 Å². The number of piperidine rings is 1. The predicted octanol–water partition coefficient (Wildman–Crippen LogP) is 2.49. The van der Waals surface area contributed by atoms with Gasteiger partial charge in [0, 0.05) is 29.9 Å². The van der Waals surface area contributed by atoms with E-state index in [9.17, 15) is 14.4 Å². The zero-order chi connectivity index (χ0) is 22.0. The first-order valence-corrected chi connectivity index (χ1v) is 10.5. The number of hydrogen-bond donors (Lipinski definition) is 2. The van der Waals surface area contributed by atoms with Gasteiger partial charge in [0.15, 0.2) is 5.58 Å². The van der Waals surface area contributed by atoms with Gasteiger partial charge in [-0.15, -0.1) is 0 Å². The van der Waals surface area contributed by atoms with Gasteiger partial charge in [-0.1, -0.05) is 24.4 Å². The van der Waals surface area contributed by atoms with Gasteiger partial charge in [0.25, 0.3) is 5.91 Å². The lowest BCUT2D eigenvalue weighted by Gasteiger charge is -2.26. The third-order valence-corrected chi connectivity index (χ3v) is 5.59. The summed E-state index contributed by atoms with van der Waals surface area (Å²) in [6.45, 7) is 1.32. The number of oxazole rings is 1. The van der Waals surface area contributed by atoms with E-state index in [4.69, 9.17) is 22.4 Å². The Balaban J connectivity index is 1.55. The summed E-state index contributed by atoms with van der Waals surface area (Å²) in [5, 5.41) is 2.80. The van der Waals surface area contributed by atoms with Gasteiger partial charge in [0.2, 0.25) is 5.91 Å². The number of nitrogens with one attached hydrogen (secondary N) is 1. The second kappa shape index (κ2) is 8.73. The molecule has 1 aliphatic rings. The first-order valence-electron chi connectivity index (χ1n) is 10.0. The lowest BCUT2D eigenvalue weighted by molar-refractivity contribution is -0.132. The Morgan fingerprint density at radius 2 is 1.71 bits per heavy atom. The highest BCUT2D eigenvalue weighted by atomic mass is 32.1. The summed E-state index contributed by atoms with van der Waals surface area (Å²) in [5.41, 5.74) is 7.99. The van der Waals surface area contributed by atoms with Gasteiger partial charge in [0.05, 0.1) is 5.52 Å². The van der Waals surface area contributed by atoms with Gasteiger partial charge >= 0.3 is 5.76 Å². The summed E-state index contributed by atoms with van der Waals surface area (Å²) in [6.07, 6.45) is 3.06. The molecule has 31 heavy (non-hydrogen) atoms. The number of carbonyl (C=O) groups excluding carboxylic acids is 2. The molecule has 2 heterocycles. The third kappa shape index (κ3) is 4.51. The largest absolute Gasteiger partial charge is 0.420 e. The second-order valence-corrected chi connectivity index (χ2v) is 7.91. The Morgan fingerprint density at radius 1 is 1.03 bits per heavy atom. The number of amides is 2. The Bertz CT molecular complexity index is 1210. The number of anilines is 1. The van der Waals surface area contributed by atoms with E-state index >= 15 is 0 Å². The van der Waals surface area contributed by atoms with E-state index in [0.717, 1.165) is 19.3 Å². The van der Waals surface area contributed by atoms with E-state index in [1.807, 2.05) is 0 Å². The SMILES string of the molecule is NC(=S)c1ccc(C(=O)Nc2ccc3oc(=O)n(CC(=O)N4CCCCC4)c3c2)cc1. The molecule has 8 nitrogen and oxygen atoms in total. The fourth-order valence-electron chi connectivity index (χ4n) is 3.66. The lowest BCUT2D eigenvalue weighted by atomic mass is 10.1. The van der Waals surface area contributed by atoms with Crippen LogP contribution in [0.15, 0.2) is 51.7 Å². The number of hydrogen-bond acceptors (Lipinski definition) is 5. The maximum absolute atomic E-state index is 12.6. The minimum Gasteiger partial charge on any atom is -0.408 e.